The number of methoxy groups -OCH3 is 1. The first-order chi connectivity index (χ1) is 7.17. The molecule has 4 nitrogen and oxygen atoms in total. The Labute approximate surface area is 101 Å². The predicted octanol–water partition coefficient (Wildman–Crippen LogP) is 2.29. The molecule has 0 saturated heterocycles. The molecule has 0 aliphatic heterocycles. The van der Waals surface area contributed by atoms with E-state index in [0.717, 1.165) is 16.3 Å². The van der Waals surface area contributed by atoms with Gasteiger partial charge in [0.15, 0.2) is 5.13 Å². The summed E-state index contributed by atoms with van der Waals surface area (Å²) in [6, 6.07) is 0. The number of halogens is 1. The summed E-state index contributed by atoms with van der Waals surface area (Å²) in [7, 11) is 1.40. The molecular formula is C9H13BrN2O2S. The van der Waals surface area contributed by atoms with Crippen LogP contribution in [0.1, 0.15) is 13.3 Å². The molecule has 0 radical (unpaired) electrons. The van der Waals surface area contributed by atoms with Crippen LogP contribution in [0.2, 0.25) is 0 Å². The first-order valence-electron chi connectivity index (χ1n) is 4.60. The zero-order chi connectivity index (χ0) is 11.3. The lowest BCUT2D eigenvalue weighted by Crippen LogP contribution is -2.25. The lowest BCUT2D eigenvalue weighted by molar-refractivity contribution is -0.140. The third kappa shape index (κ3) is 3.79. The van der Waals surface area contributed by atoms with Crippen LogP contribution in [0.5, 0.6) is 0 Å². The average Bonchev–Trinajstić information content (AvgIpc) is 2.65. The number of thiazole rings is 1. The van der Waals surface area contributed by atoms with E-state index in [4.69, 9.17) is 0 Å². The minimum absolute atomic E-state index is 0.191. The summed E-state index contributed by atoms with van der Waals surface area (Å²) < 4.78 is 5.43. The van der Waals surface area contributed by atoms with Crippen LogP contribution in [-0.2, 0) is 9.53 Å². The molecule has 0 unspecified atom stereocenters. The van der Waals surface area contributed by atoms with Crippen molar-refractivity contribution in [3.8, 4) is 0 Å². The lowest BCUT2D eigenvalue weighted by atomic mass is 10.4. The average molecular weight is 293 g/mol. The van der Waals surface area contributed by atoms with Gasteiger partial charge in [-0.25, -0.2) is 4.98 Å². The second kappa shape index (κ2) is 6.07. The number of rotatable bonds is 5. The Hall–Kier alpha value is -0.620. The van der Waals surface area contributed by atoms with Gasteiger partial charge in [0.25, 0.3) is 0 Å². The van der Waals surface area contributed by atoms with Crippen LogP contribution in [0, 0.1) is 0 Å². The van der Waals surface area contributed by atoms with Gasteiger partial charge in [0.1, 0.15) is 4.60 Å². The molecule has 1 heterocycles. The number of esters is 1. The third-order valence-corrected chi connectivity index (χ3v) is 3.54. The van der Waals surface area contributed by atoms with Gasteiger partial charge in [0.05, 0.1) is 13.5 Å². The fourth-order valence-electron chi connectivity index (χ4n) is 1.11. The van der Waals surface area contributed by atoms with E-state index in [1.54, 1.807) is 11.3 Å². The summed E-state index contributed by atoms with van der Waals surface area (Å²) in [5.74, 6) is -0.191. The van der Waals surface area contributed by atoms with E-state index in [1.165, 1.54) is 7.11 Å². The molecule has 1 aromatic rings. The predicted molar refractivity (Wildman–Crippen MR) is 64.3 cm³/mol. The van der Waals surface area contributed by atoms with E-state index >= 15 is 0 Å². The lowest BCUT2D eigenvalue weighted by Gasteiger charge is -2.18. The van der Waals surface area contributed by atoms with Gasteiger partial charge >= 0.3 is 5.97 Å². The first kappa shape index (κ1) is 12.4. The Bertz CT molecular complexity index is 330. The Balaban J connectivity index is 2.53. The number of nitrogens with zero attached hydrogens (tertiary/aromatic N) is 2. The number of ether oxygens (including phenoxy) is 1. The first-order valence-corrected chi connectivity index (χ1v) is 6.27. The fourth-order valence-corrected chi connectivity index (χ4v) is 2.45. The molecule has 0 aromatic carbocycles. The van der Waals surface area contributed by atoms with Crippen molar-refractivity contribution in [2.75, 3.05) is 25.1 Å². The SMILES string of the molecule is CCN(CCC(=O)OC)c1nc(Br)cs1. The highest BCUT2D eigenvalue weighted by Crippen LogP contribution is 2.23. The molecule has 15 heavy (non-hydrogen) atoms. The molecule has 1 aromatic heterocycles. The van der Waals surface area contributed by atoms with Gasteiger partial charge < -0.3 is 9.64 Å². The van der Waals surface area contributed by atoms with Crippen molar-refractivity contribution in [2.24, 2.45) is 0 Å². The van der Waals surface area contributed by atoms with E-state index in [0.29, 0.717) is 13.0 Å². The van der Waals surface area contributed by atoms with Crippen LogP contribution >= 0.6 is 27.3 Å². The van der Waals surface area contributed by atoms with Crippen LogP contribution < -0.4 is 4.90 Å². The number of aromatic nitrogens is 1. The Morgan fingerprint density at radius 1 is 1.73 bits per heavy atom. The zero-order valence-corrected chi connectivity index (χ0v) is 11.1. The number of hydrogen-bond donors (Lipinski definition) is 0. The molecule has 0 bridgehead atoms. The summed E-state index contributed by atoms with van der Waals surface area (Å²) in [6.45, 7) is 3.51. The highest BCUT2D eigenvalue weighted by atomic mass is 79.9. The molecule has 0 saturated carbocycles. The van der Waals surface area contributed by atoms with Crippen molar-refractivity contribution in [3.05, 3.63) is 9.98 Å². The molecule has 0 atom stereocenters. The quantitative estimate of drug-likeness (QED) is 0.781. The van der Waals surface area contributed by atoms with Gasteiger partial charge in [-0.1, -0.05) is 0 Å². The Morgan fingerprint density at radius 2 is 2.47 bits per heavy atom. The van der Waals surface area contributed by atoms with E-state index < -0.39 is 0 Å². The molecule has 0 spiro atoms. The number of anilines is 1. The third-order valence-electron chi connectivity index (χ3n) is 1.93. The largest absolute Gasteiger partial charge is 0.469 e. The van der Waals surface area contributed by atoms with Crippen LogP contribution in [0.3, 0.4) is 0 Å². The van der Waals surface area contributed by atoms with Gasteiger partial charge in [-0.05, 0) is 22.9 Å². The van der Waals surface area contributed by atoms with Gasteiger partial charge in [-0.2, -0.15) is 0 Å². The molecule has 6 heteroatoms. The Morgan fingerprint density at radius 3 is 2.93 bits per heavy atom. The van der Waals surface area contributed by atoms with Crippen molar-refractivity contribution in [1.29, 1.82) is 0 Å². The molecular weight excluding hydrogens is 280 g/mol. The van der Waals surface area contributed by atoms with Crippen molar-refractivity contribution in [3.63, 3.8) is 0 Å². The summed E-state index contributed by atoms with van der Waals surface area (Å²) in [4.78, 5) is 17.3. The van der Waals surface area contributed by atoms with Gasteiger partial charge in [0, 0.05) is 18.5 Å². The highest BCUT2D eigenvalue weighted by Gasteiger charge is 2.10. The van der Waals surface area contributed by atoms with Crippen molar-refractivity contribution >= 4 is 38.4 Å². The molecule has 84 valence electrons. The molecule has 0 N–H and O–H groups in total. The molecule has 0 aliphatic carbocycles. The number of hydrogen-bond acceptors (Lipinski definition) is 5. The van der Waals surface area contributed by atoms with Crippen LogP contribution in [0.25, 0.3) is 0 Å². The normalized spacial score (nSPS) is 10.1. The maximum atomic E-state index is 11.0. The topological polar surface area (TPSA) is 42.4 Å². The van der Waals surface area contributed by atoms with E-state index in [2.05, 4.69) is 25.7 Å². The fraction of sp³-hybridized carbons (Fsp3) is 0.556. The van der Waals surface area contributed by atoms with Crippen molar-refractivity contribution < 1.29 is 9.53 Å². The standard InChI is InChI=1S/C9H13BrN2O2S/c1-3-12(5-4-8(13)14-2)9-11-7(10)6-15-9/h6H,3-5H2,1-2H3. The molecule has 0 aliphatic rings. The second-order valence-electron chi connectivity index (χ2n) is 2.86. The molecule has 0 amide bonds. The van der Waals surface area contributed by atoms with Gasteiger partial charge in [-0.3, -0.25) is 4.79 Å². The van der Waals surface area contributed by atoms with E-state index in [1.807, 2.05) is 17.2 Å². The van der Waals surface area contributed by atoms with E-state index in [-0.39, 0.29) is 5.97 Å². The minimum atomic E-state index is -0.191. The van der Waals surface area contributed by atoms with Crippen LogP contribution in [0.15, 0.2) is 9.98 Å². The number of carbonyl (C=O) groups excluding carboxylic acids is 1. The monoisotopic (exact) mass is 292 g/mol. The smallest absolute Gasteiger partial charge is 0.307 e. The van der Waals surface area contributed by atoms with Crippen molar-refractivity contribution in [2.45, 2.75) is 13.3 Å². The summed E-state index contributed by atoms with van der Waals surface area (Å²) >= 11 is 4.86. The summed E-state index contributed by atoms with van der Waals surface area (Å²) in [6.07, 6.45) is 0.390. The summed E-state index contributed by atoms with van der Waals surface area (Å²) in [5.41, 5.74) is 0. The highest BCUT2D eigenvalue weighted by molar-refractivity contribution is 9.10. The number of carbonyl (C=O) groups is 1. The molecule has 0 fully saturated rings. The maximum Gasteiger partial charge on any atom is 0.307 e. The van der Waals surface area contributed by atoms with Crippen molar-refractivity contribution in [1.82, 2.24) is 4.98 Å². The second-order valence-corrected chi connectivity index (χ2v) is 4.51. The van der Waals surface area contributed by atoms with Crippen LogP contribution in [0.4, 0.5) is 5.13 Å². The zero-order valence-electron chi connectivity index (χ0n) is 8.70. The van der Waals surface area contributed by atoms with E-state index in [9.17, 15) is 4.79 Å². The minimum Gasteiger partial charge on any atom is -0.469 e. The molecule has 1 rings (SSSR count). The van der Waals surface area contributed by atoms with Gasteiger partial charge in [-0.15, -0.1) is 11.3 Å². The maximum absolute atomic E-state index is 11.0. The van der Waals surface area contributed by atoms with Crippen LogP contribution in [-0.4, -0.2) is 31.2 Å². The van der Waals surface area contributed by atoms with Gasteiger partial charge in [0.2, 0.25) is 0 Å². The Kier molecular flexibility index (Phi) is 5.04. The summed E-state index contributed by atoms with van der Waals surface area (Å²) in [5, 5.41) is 2.85.